The maximum Gasteiger partial charge on any atom is 0.326 e. The molecule has 1 aromatic carbocycles. The van der Waals surface area contributed by atoms with E-state index < -0.39 is 30.3 Å². The Morgan fingerprint density at radius 3 is 2.67 bits per heavy atom. The second kappa shape index (κ2) is 10.2. The van der Waals surface area contributed by atoms with Crippen LogP contribution in [0.25, 0.3) is 10.9 Å². The molecule has 33 heavy (non-hydrogen) atoms. The molecule has 12 nitrogen and oxygen atoms in total. The van der Waals surface area contributed by atoms with Crippen LogP contribution in [0.1, 0.15) is 41.0 Å². The van der Waals surface area contributed by atoms with E-state index in [0.29, 0.717) is 34.9 Å². The number of fused-ring (bicyclic) bond motifs is 1. The Hall–Kier alpha value is -3.87. The molecule has 0 spiro atoms. The normalized spacial score (nSPS) is 11.8. The Bertz CT molecular complexity index is 1260. The topological polar surface area (TPSA) is 178 Å². The summed E-state index contributed by atoms with van der Waals surface area (Å²) in [6.45, 7) is 4.54. The number of nitrogens with one attached hydrogen (secondary N) is 2. The first-order valence-corrected chi connectivity index (χ1v) is 10.8. The average molecular weight is 474 g/mol. The quantitative estimate of drug-likeness (QED) is 0.333. The molecule has 1 amide bonds. The van der Waals surface area contributed by atoms with Gasteiger partial charge in [0.2, 0.25) is 10.1 Å². The lowest BCUT2D eigenvalue weighted by atomic mass is 10.1. The molecule has 2 aromatic heterocycles. The van der Waals surface area contributed by atoms with Gasteiger partial charge in [-0.25, -0.2) is 9.78 Å². The molecule has 3 aromatic rings. The molecule has 0 saturated heterocycles. The average Bonchev–Trinajstić information content (AvgIpc) is 3.25. The lowest BCUT2D eigenvalue weighted by Gasteiger charge is -2.19. The maximum atomic E-state index is 12.4. The van der Waals surface area contributed by atoms with Gasteiger partial charge in [0.15, 0.2) is 0 Å². The molecule has 0 aliphatic rings. The molecule has 0 unspecified atom stereocenters. The molecule has 13 heteroatoms. The van der Waals surface area contributed by atoms with E-state index >= 15 is 0 Å². The van der Waals surface area contributed by atoms with Crippen LogP contribution >= 0.6 is 11.3 Å². The minimum Gasteiger partial charge on any atom is -0.481 e. The highest BCUT2D eigenvalue weighted by atomic mass is 32.1. The van der Waals surface area contributed by atoms with Gasteiger partial charge in [-0.1, -0.05) is 17.4 Å². The smallest absolute Gasteiger partial charge is 0.326 e. The third kappa shape index (κ3) is 5.88. The molecule has 0 aliphatic heterocycles. The summed E-state index contributed by atoms with van der Waals surface area (Å²) in [7, 11) is 0. The van der Waals surface area contributed by atoms with Gasteiger partial charge in [-0.05, 0) is 38.0 Å². The number of rotatable bonds is 10. The summed E-state index contributed by atoms with van der Waals surface area (Å²) in [6, 6.07) is 4.02. The van der Waals surface area contributed by atoms with Gasteiger partial charge in [0.25, 0.3) is 11.5 Å². The van der Waals surface area contributed by atoms with Gasteiger partial charge in [-0.3, -0.25) is 14.4 Å². The van der Waals surface area contributed by atoms with Crippen molar-refractivity contribution in [3.63, 3.8) is 0 Å². The Balaban J connectivity index is 1.74. The van der Waals surface area contributed by atoms with E-state index in [-0.39, 0.29) is 17.0 Å². The standard InChI is InChI=1S/C20H22N6O6S/c1-3-26(9-11-4-5-13-12(8-11)16(29)22-10(2)21-13)20-25-24-18(33-20)17(30)23-14(19(31)32)6-7-15(27)28/h4-5,8,14H,3,6-7,9H2,1-2H3,(H,23,30)(H,27,28)(H,31,32)(H,21,22,29)/t14-/m0/s1. The molecule has 2 heterocycles. The van der Waals surface area contributed by atoms with Crippen molar-refractivity contribution in [2.24, 2.45) is 0 Å². The molecular formula is C20H22N6O6S. The zero-order valence-electron chi connectivity index (χ0n) is 17.9. The first-order chi connectivity index (χ1) is 15.7. The minimum atomic E-state index is -1.35. The van der Waals surface area contributed by atoms with E-state index in [1.807, 2.05) is 17.9 Å². The van der Waals surface area contributed by atoms with Crippen molar-refractivity contribution in [2.75, 3.05) is 11.4 Å². The van der Waals surface area contributed by atoms with E-state index in [9.17, 15) is 24.3 Å². The fraction of sp³-hybridized carbons (Fsp3) is 0.350. The minimum absolute atomic E-state index is 0.0420. The number of benzene rings is 1. The van der Waals surface area contributed by atoms with E-state index in [4.69, 9.17) is 5.11 Å². The third-order valence-electron chi connectivity index (χ3n) is 4.77. The fourth-order valence-corrected chi connectivity index (χ4v) is 3.93. The number of aromatic amines is 1. The van der Waals surface area contributed by atoms with Gasteiger partial charge in [-0.2, -0.15) is 0 Å². The molecule has 0 fully saturated rings. The largest absolute Gasteiger partial charge is 0.481 e. The first-order valence-electron chi connectivity index (χ1n) is 10.0. The Morgan fingerprint density at radius 2 is 2.00 bits per heavy atom. The predicted molar refractivity (Wildman–Crippen MR) is 119 cm³/mol. The van der Waals surface area contributed by atoms with Crippen molar-refractivity contribution in [1.82, 2.24) is 25.5 Å². The summed E-state index contributed by atoms with van der Waals surface area (Å²) in [6.07, 6.45) is -0.648. The van der Waals surface area contributed by atoms with Crippen LogP contribution in [0, 0.1) is 6.92 Å². The van der Waals surface area contributed by atoms with E-state index in [1.165, 1.54) is 0 Å². The maximum absolute atomic E-state index is 12.4. The lowest BCUT2D eigenvalue weighted by Crippen LogP contribution is -2.41. The molecule has 1 atom stereocenters. The number of aryl methyl sites for hydroxylation is 1. The van der Waals surface area contributed by atoms with Crippen LogP contribution in [0.4, 0.5) is 5.13 Å². The van der Waals surface area contributed by atoms with E-state index in [1.54, 1.807) is 19.1 Å². The molecular weight excluding hydrogens is 452 g/mol. The van der Waals surface area contributed by atoms with Gasteiger partial charge in [0.05, 0.1) is 10.9 Å². The first kappa shape index (κ1) is 23.8. The van der Waals surface area contributed by atoms with Crippen molar-refractivity contribution < 1.29 is 24.6 Å². The number of aromatic nitrogens is 4. The van der Waals surface area contributed by atoms with Crippen LogP contribution in [0.2, 0.25) is 0 Å². The van der Waals surface area contributed by atoms with Crippen molar-refractivity contribution in [2.45, 2.75) is 39.3 Å². The van der Waals surface area contributed by atoms with Gasteiger partial charge in [-0.15, -0.1) is 10.2 Å². The number of hydrogen-bond acceptors (Lipinski definition) is 9. The van der Waals surface area contributed by atoms with Crippen molar-refractivity contribution in [1.29, 1.82) is 0 Å². The van der Waals surface area contributed by atoms with Crippen LogP contribution < -0.4 is 15.8 Å². The second-order valence-corrected chi connectivity index (χ2v) is 8.16. The Labute approximate surface area is 191 Å². The fourth-order valence-electron chi connectivity index (χ4n) is 3.12. The van der Waals surface area contributed by atoms with Gasteiger partial charge < -0.3 is 25.4 Å². The van der Waals surface area contributed by atoms with Crippen LogP contribution in [0.3, 0.4) is 0 Å². The zero-order valence-corrected chi connectivity index (χ0v) is 18.7. The number of anilines is 1. The van der Waals surface area contributed by atoms with Crippen molar-refractivity contribution in [3.8, 4) is 0 Å². The molecule has 4 N–H and O–H groups in total. The van der Waals surface area contributed by atoms with Crippen LogP contribution in [0.15, 0.2) is 23.0 Å². The number of carbonyl (C=O) groups is 3. The molecule has 0 saturated carbocycles. The molecule has 0 bridgehead atoms. The van der Waals surface area contributed by atoms with Gasteiger partial charge >= 0.3 is 11.9 Å². The SMILES string of the molecule is CCN(Cc1ccc2nc(C)[nH]c(=O)c2c1)c1nnc(C(=O)N[C@@H](CCC(=O)O)C(=O)O)s1. The molecule has 0 radical (unpaired) electrons. The summed E-state index contributed by atoms with van der Waals surface area (Å²) in [5, 5.41) is 29.0. The molecule has 3 rings (SSSR count). The number of nitrogens with zero attached hydrogens (tertiary/aromatic N) is 4. The van der Waals surface area contributed by atoms with Gasteiger partial charge in [0.1, 0.15) is 11.9 Å². The Kier molecular flexibility index (Phi) is 7.33. The number of amides is 1. The summed E-state index contributed by atoms with van der Waals surface area (Å²) in [4.78, 5) is 55.5. The van der Waals surface area contributed by atoms with Crippen LogP contribution in [0.5, 0.6) is 0 Å². The van der Waals surface area contributed by atoms with E-state index in [0.717, 1.165) is 16.9 Å². The van der Waals surface area contributed by atoms with Crippen LogP contribution in [-0.4, -0.2) is 60.8 Å². The van der Waals surface area contributed by atoms with Crippen molar-refractivity contribution in [3.05, 3.63) is 44.9 Å². The second-order valence-electron chi connectivity index (χ2n) is 7.20. The van der Waals surface area contributed by atoms with Crippen LogP contribution in [-0.2, 0) is 16.1 Å². The lowest BCUT2D eigenvalue weighted by molar-refractivity contribution is -0.140. The highest BCUT2D eigenvalue weighted by Crippen LogP contribution is 2.23. The number of hydrogen-bond donors (Lipinski definition) is 4. The number of H-pyrrole nitrogens is 1. The molecule has 174 valence electrons. The summed E-state index contributed by atoms with van der Waals surface area (Å²) < 4.78 is 0. The zero-order chi connectivity index (χ0) is 24.1. The number of carbonyl (C=O) groups excluding carboxylic acids is 1. The van der Waals surface area contributed by atoms with Crippen molar-refractivity contribution >= 4 is 45.2 Å². The monoisotopic (exact) mass is 474 g/mol. The Morgan fingerprint density at radius 1 is 1.24 bits per heavy atom. The highest BCUT2D eigenvalue weighted by Gasteiger charge is 2.24. The number of carboxylic acid groups (broad SMARTS) is 2. The van der Waals surface area contributed by atoms with E-state index in [2.05, 4.69) is 25.5 Å². The third-order valence-corrected chi connectivity index (χ3v) is 5.76. The summed E-state index contributed by atoms with van der Waals surface area (Å²) >= 11 is 0.982. The van der Waals surface area contributed by atoms with Gasteiger partial charge in [0, 0.05) is 19.5 Å². The highest BCUT2D eigenvalue weighted by molar-refractivity contribution is 7.17. The number of aliphatic carboxylic acids is 2. The summed E-state index contributed by atoms with van der Waals surface area (Å²) in [5.41, 5.74) is 1.20. The molecule has 0 aliphatic carbocycles. The summed E-state index contributed by atoms with van der Waals surface area (Å²) in [5.74, 6) is -2.70. The number of carboxylic acids is 2. The predicted octanol–water partition coefficient (Wildman–Crippen LogP) is 1.16.